The number of carbonyl (C=O) groups excluding carboxylic acids is 1. The van der Waals surface area contributed by atoms with Gasteiger partial charge < -0.3 is 15.4 Å². The molecule has 4 nitrogen and oxygen atoms in total. The lowest BCUT2D eigenvalue weighted by Gasteiger charge is -2.43. The van der Waals surface area contributed by atoms with E-state index in [0.717, 1.165) is 12.8 Å². The Morgan fingerprint density at radius 2 is 1.95 bits per heavy atom. The fourth-order valence-corrected chi connectivity index (χ4v) is 3.58. The Labute approximate surface area is 126 Å². The van der Waals surface area contributed by atoms with Crippen LogP contribution in [-0.4, -0.2) is 42.1 Å². The zero-order valence-corrected chi connectivity index (χ0v) is 12.8. The summed E-state index contributed by atoms with van der Waals surface area (Å²) in [6.07, 6.45) is 1.67. The zero-order valence-electron chi connectivity index (χ0n) is 12.8. The van der Waals surface area contributed by atoms with Crippen molar-refractivity contribution in [2.75, 3.05) is 19.6 Å². The van der Waals surface area contributed by atoms with Gasteiger partial charge in [0.15, 0.2) is 0 Å². The highest BCUT2D eigenvalue weighted by molar-refractivity contribution is 5.80. The molecule has 1 aliphatic heterocycles. The van der Waals surface area contributed by atoms with Crippen LogP contribution in [-0.2, 0) is 22.4 Å². The molecule has 1 aromatic carbocycles. The Hall–Kier alpha value is -1.39. The molecule has 0 radical (unpaired) electrons. The molecule has 0 saturated carbocycles. The topological polar surface area (TPSA) is 55.6 Å². The average Bonchev–Trinajstić information content (AvgIpc) is 2.88. The first-order valence-corrected chi connectivity index (χ1v) is 7.72. The SMILES string of the molecule is CC1(C)CN(C(=O)C2Cc3ccccc3C2)CC(CN)O1. The first kappa shape index (κ1) is 14.5. The third kappa shape index (κ3) is 2.97. The van der Waals surface area contributed by atoms with Crippen LogP contribution in [0, 0.1) is 5.92 Å². The van der Waals surface area contributed by atoms with Crippen molar-refractivity contribution in [3.05, 3.63) is 35.4 Å². The number of morpholine rings is 1. The summed E-state index contributed by atoms with van der Waals surface area (Å²) in [4.78, 5) is 14.8. The monoisotopic (exact) mass is 288 g/mol. The van der Waals surface area contributed by atoms with E-state index in [9.17, 15) is 4.79 Å². The van der Waals surface area contributed by atoms with Crippen LogP contribution in [0.4, 0.5) is 0 Å². The van der Waals surface area contributed by atoms with Gasteiger partial charge in [0.25, 0.3) is 0 Å². The number of hydrogen-bond acceptors (Lipinski definition) is 3. The maximum Gasteiger partial charge on any atom is 0.226 e. The maximum atomic E-state index is 12.8. The minimum atomic E-state index is -0.316. The highest BCUT2D eigenvalue weighted by atomic mass is 16.5. The number of amides is 1. The minimum absolute atomic E-state index is 0.0542. The standard InChI is InChI=1S/C17H24N2O2/c1-17(2)11-19(10-15(9-18)21-17)16(20)14-7-12-5-3-4-6-13(12)8-14/h3-6,14-15H,7-11,18H2,1-2H3. The van der Waals surface area contributed by atoms with Gasteiger partial charge in [-0.25, -0.2) is 0 Å². The second-order valence-corrected chi connectivity index (χ2v) is 6.83. The second kappa shape index (κ2) is 5.43. The third-order valence-corrected chi connectivity index (χ3v) is 4.46. The molecule has 1 amide bonds. The minimum Gasteiger partial charge on any atom is -0.367 e. The summed E-state index contributed by atoms with van der Waals surface area (Å²) in [5.74, 6) is 0.329. The molecule has 0 spiro atoms. The first-order valence-electron chi connectivity index (χ1n) is 7.72. The molecule has 0 bridgehead atoms. The number of ether oxygens (including phenoxy) is 1. The lowest BCUT2D eigenvalue weighted by Crippen LogP contribution is -2.57. The molecule has 114 valence electrons. The van der Waals surface area contributed by atoms with Crippen LogP contribution >= 0.6 is 0 Å². The van der Waals surface area contributed by atoms with Gasteiger partial charge in [-0.15, -0.1) is 0 Å². The van der Waals surface area contributed by atoms with E-state index in [1.165, 1.54) is 11.1 Å². The number of benzene rings is 1. The second-order valence-electron chi connectivity index (χ2n) is 6.83. The number of hydrogen-bond donors (Lipinski definition) is 1. The third-order valence-electron chi connectivity index (χ3n) is 4.46. The average molecular weight is 288 g/mol. The molecule has 0 aromatic heterocycles. The predicted octanol–water partition coefficient (Wildman–Crippen LogP) is 1.37. The summed E-state index contributed by atoms with van der Waals surface area (Å²) < 4.78 is 5.91. The predicted molar refractivity (Wildman–Crippen MR) is 81.9 cm³/mol. The van der Waals surface area contributed by atoms with Crippen molar-refractivity contribution >= 4 is 5.91 Å². The normalized spacial score (nSPS) is 24.9. The number of fused-ring (bicyclic) bond motifs is 1. The van der Waals surface area contributed by atoms with Gasteiger partial charge in [0.2, 0.25) is 5.91 Å². The van der Waals surface area contributed by atoms with E-state index in [0.29, 0.717) is 19.6 Å². The molecule has 1 heterocycles. The maximum absolute atomic E-state index is 12.8. The number of rotatable bonds is 2. The lowest BCUT2D eigenvalue weighted by molar-refractivity contribution is -0.162. The largest absolute Gasteiger partial charge is 0.367 e. The lowest BCUT2D eigenvalue weighted by atomic mass is 10.00. The first-order chi connectivity index (χ1) is 9.98. The highest BCUT2D eigenvalue weighted by Crippen LogP contribution is 2.30. The van der Waals surface area contributed by atoms with E-state index >= 15 is 0 Å². The van der Waals surface area contributed by atoms with Gasteiger partial charge in [0.1, 0.15) is 0 Å². The number of nitrogens with zero attached hydrogens (tertiary/aromatic N) is 1. The molecule has 1 atom stereocenters. The van der Waals surface area contributed by atoms with Crippen LogP contribution in [0.3, 0.4) is 0 Å². The fraction of sp³-hybridized carbons (Fsp3) is 0.588. The van der Waals surface area contributed by atoms with Crippen LogP contribution in [0.2, 0.25) is 0 Å². The van der Waals surface area contributed by atoms with Gasteiger partial charge in [-0.3, -0.25) is 4.79 Å². The van der Waals surface area contributed by atoms with E-state index in [2.05, 4.69) is 12.1 Å². The molecule has 21 heavy (non-hydrogen) atoms. The fourth-order valence-electron chi connectivity index (χ4n) is 3.58. The van der Waals surface area contributed by atoms with E-state index in [1.54, 1.807) is 0 Å². The molecule has 3 rings (SSSR count). The van der Waals surface area contributed by atoms with Crippen LogP contribution in [0.1, 0.15) is 25.0 Å². The molecule has 2 aliphatic rings. The molecular weight excluding hydrogens is 264 g/mol. The zero-order chi connectivity index (χ0) is 15.0. The van der Waals surface area contributed by atoms with E-state index in [1.807, 2.05) is 30.9 Å². The van der Waals surface area contributed by atoms with Crippen molar-refractivity contribution < 1.29 is 9.53 Å². The van der Waals surface area contributed by atoms with E-state index in [-0.39, 0.29) is 23.5 Å². The van der Waals surface area contributed by atoms with Crippen molar-refractivity contribution in [1.29, 1.82) is 0 Å². The van der Waals surface area contributed by atoms with E-state index in [4.69, 9.17) is 10.5 Å². The Kier molecular flexibility index (Phi) is 3.76. The highest BCUT2D eigenvalue weighted by Gasteiger charge is 2.38. The van der Waals surface area contributed by atoms with Crippen LogP contribution < -0.4 is 5.73 Å². The molecule has 4 heteroatoms. The van der Waals surface area contributed by atoms with Crippen molar-refractivity contribution in [2.24, 2.45) is 11.7 Å². The van der Waals surface area contributed by atoms with Crippen molar-refractivity contribution in [1.82, 2.24) is 4.90 Å². The van der Waals surface area contributed by atoms with Gasteiger partial charge in [-0.05, 0) is 37.8 Å². The summed E-state index contributed by atoms with van der Waals surface area (Å²) in [5.41, 5.74) is 8.07. The Bertz CT molecular complexity index is 516. The molecule has 1 aliphatic carbocycles. The molecule has 2 N–H and O–H groups in total. The summed E-state index contributed by atoms with van der Waals surface area (Å²) in [6.45, 7) is 5.77. The Morgan fingerprint density at radius 3 is 2.52 bits per heavy atom. The Morgan fingerprint density at radius 1 is 1.33 bits per heavy atom. The summed E-state index contributed by atoms with van der Waals surface area (Å²) >= 11 is 0. The van der Waals surface area contributed by atoms with Gasteiger partial charge in [-0.2, -0.15) is 0 Å². The van der Waals surface area contributed by atoms with Gasteiger partial charge >= 0.3 is 0 Å². The van der Waals surface area contributed by atoms with Crippen molar-refractivity contribution in [3.8, 4) is 0 Å². The molecule has 1 aromatic rings. The quantitative estimate of drug-likeness (QED) is 0.894. The molecule has 1 fully saturated rings. The van der Waals surface area contributed by atoms with Crippen LogP contribution in [0.25, 0.3) is 0 Å². The van der Waals surface area contributed by atoms with Crippen LogP contribution in [0.5, 0.6) is 0 Å². The Balaban J connectivity index is 1.71. The van der Waals surface area contributed by atoms with Crippen molar-refractivity contribution in [3.63, 3.8) is 0 Å². The van der Waals surface area contributed by atoms with Gasteiger partial charge in [0.05, 0.1) is 11.7 Å². The summed E-state index contributed by atoms with van der Waals surface area (Å²) in [5, 5.41) is 0. The number of carbonyl (C=O) groups is 1. The van der Waals surface area contributed by atoms with E-state index < -0.39 is 0 Å². The molecule has 1 unspecified atom stereocenters. The summed E-state index contributed by atoms with van der Waals surface area (Å²) in [6, 6.07) is 8.37. The van der Waals surface area contributed by atoms with Gasteiger partial charge in [0, 0.05) is 25.6 Å². The molecule has 1 saturated heterocycles. The summed E-state index contributed by atoms with van der Waals surface area (Å²) in [7, 11) is 0. The number of nitrogens with two attached hydrogens (primary N) is 1. The smallest absolute Gasteiger partial charge is 0.226 e. The van der Waals surface area contributed by atoms with Crippen LogP contribution in [0.15, 0.2) is 24.3 Å². The van der Waals surface area contributed by atoms with Crippen molar-refractivity contribution in [2.45, 2.75) is 38.4 Å². The van der Waals surface area contributed by atoms with Gasteiger partial charge in [-0.1, -0.05) is 24.3 Å². The molecular formula is C17H24N2O2.